The Bertz CT molecular complexity index is 1010. The predicted molar refractivity (Wildman–Crippen MR) is 93.6 cm³/mol. The lowest BCUT2D eigenvalue weighted by Crippen LogP contribution is -2.31. The Hall–Kier alpha value is -3.05. The van der Waals surface area contributed by atoms with Gasteiger partial charge < -0.3 is 14.8 Å². The lowest BCUT2D eigenvalue weighted by Gasteiger charge is -2.12. The number of carbonyl (C=O) groups excluding carboxylic acids is 2. The number of nitrogens with one attached hydrogen (secondary N) is 1. The molecule has 0 saturated carbocycles. The third-order valence-electron chi connectivity index (χ3n) is 3.46. The van der Waals surface area contributed by atoms with Crippen molar-refractivity contribution in [2.45, 2.75) is 0 Å². The van der Waals surface area contributed by atoms with Gasteiger partial charge >= 0.3 is 12.1 Å². The van der Waals surface area contributed by atoms with Crippen LogP contribution >= 0.6 is 0 Å². The number of halogens is 2. The number of hydrogen-bond acceptors (Lipinski definition) is 6. The van der Waals surface area contributed by atoms with Crippen LogP contribution in [0.15, 0.2) is 36.4 Å². The van der Waals surface area contributed by atoms with Crippen LogP contribution in [-0.4, -0.2) is 44.4 Å². The minimum absolute atomic E-state index is 0.00991. The van der Waals surface area contributed by atoms with Crippen molar-refractivity contribution in [3.8, 4) is 16.9 Å². The SMILES string of the molecule is COC(=O)c1cc(-c2ccc(F)cc2F)ccc1OC(=O)NCCS(=O)(=O)O. The Morgan fingerprint density at radius 2 is 1.86 bits per heavy atom. The third-order valence-corrected chi connectivity index (χ3v) is 4.18. The Morgan fingerprint density at radius 3 is 2.46 bits per heavy atom. The van der Waals surface area contributed by atoms with E-state index in [9.17, 15) is 26.8 Å². The topological polar surface area (TPSA) is 119 Å². The van der Waals surface area contributed by atoms with Crippen molar-refractivity contribution >= 4 is 22.2 Å². The second-order valence-electron chi connectivity index (χ2n) is 5.43. The van der Waals surface area contributed by atoms with Crippen molar-refractivity contribution in [1.29, 1.82) is 0 Å². The van der Waals surface area contributed by atoms with Gasteiger partial charge in [-0.15, -0.1) is 0 Å². The van der Waals surface area contributed by atoms with Gasteiger partial charge in [0.05, 0.1) is 12.9 Å². The van der Waals surface area contributed by atoms with Crippen LogP contribution in [0, 0.1) is 11.6 Å². The van der Waals surface area contributed by atoms with Gasteiger partial charge in [0.25, 0.3) is 10.1 Å². The largest absolute Gasteiger partial charge is 0.465 e. The van der Waals surface area contributed by atoms with E-state index in [1.165, 1.54) is 24.3 Å². The van der Waals surface area contributed by atoms with Crippen LogP contribution in [0.25, 0.3) is 11.1 Å². The highest BCUT2D eigenvalue weighted by Crippen LogP contribution is 2.29. The highest BCUT2D eigenvalue weighted by atomic mass is 32.2. The summed E-state index contributed by atoms with van der Waals surface area (Å²) in [4.78, 5) is 23.7. The number of carbonyl (C=O) groups is 2. The summed E-state index contributed by atoms with van der Waals surface area (Å²) in [6, 6.07) is 6.65. The molecule has 0 aliphatic rings. The van der Waals surface area contributed by atoms with E-state index in [-0.39, 0.29) is 22.4 Å². The zero-order valence-corrected chi connectivity index (χ0v) is 15.3. The number of ether oxygens (including phenoxy) is 2. The quantitative estimate of drug-likeness (QED) is 0.549. The fraction of sp³-hybridized carbons (Fsp3) is 0.176. The van der Waals surface area contributed by atoms with Gasteiger partial charge in [0.15, 0.2) is 0 Å². The minimum Gasteiger partial charge on any atom is -0.465 e. The molecular formula is C17H15F2NO7S. The second-order valence-corrected chi connectivity index (χ2v) is 7.00. The number of hydrogen-bond donors (Lipinski definition) is 2. The van der Waals surface area contributed by atoms with Gasteiger partial charge in [0.2, 0.25) is 0 Å². The third kappa shape index (κ3) is 5.72. The maximum Gasteiger partial charge on any atom is 0.412 e. The standard InChI is InChI=1S/C17H15F2NO7S/c1-26-16(21)13-8-10(12-4-3-11(18)9-14(12)19)2-5-15(13)27-17(22)20-6-7-28(23,24)25/h2-5,8-9H,6-7H2,1H3,(H,20,22)(H,23,24,25). The molecule has 28 heavy (non-hydrogen) atoms. The van der Waals surface area contributed by atoms with Crippen molar-refractivity contribution in [3.05, 3.63) is 53.6 Å². The Balaban J connectivity index is 2.27. The molecular weight excluding hydrogens is 400 g/mol. The lowest BCUT2D eigenvalue weighted by molar-refractivity contribution is 0.0598. The van der Waals surface area contributed by atoms with E-state index in [0.717, 1.165) is 13.2 Å². The van der Waals surface area contributed by atoms with Gasteiger partial charge in [0.1, 0.15) is 22.9 Å². The first-order chi connectivity index (χ1) is 13.1. The van der Waals surface area contributed by atoms with Crippen LogP contribution in [0.5, 0.6) is 5.75 Å². The van der Waals surface area contributed by atoms with E-state index in [4.69, 9.17) is 9.29 Å². The summed E-state index contributed by atoms with van der Waals surface area (Å²) in [5.41, 5.74) is 0.00129. The molecule has 0 heterocycles. The average molecular weight is 415 g/mol. The van der Waals surface area contributed by atoms with Crippen LogP contribution in [0.3, 0.4) is 0 Å². The maximum atomic E-state index is 14.0. The van der Waals surface area contributed by atoms with Crippen LogP contribution in [0.2, 0.25) is 0 Å². The first kappa shape index (κ1) is 21.3. The fourth-order valence-corrected chi connectivity index (χ4v) is 2.56. The molecule has 150 valence electrons. The van der Waals surface area contributed by atoms with Crippen molar-refractivity contribution < 1.29 is 40.8 Å². The summed E-state index contributed by atoms with van der Waals surface area (Å²) < 4.78 is 66.5. The summed E-state index contributed by atoms with van der Waals surface area (Å²) in [5.74, 6) is -3.47. The van der Waals surface area contributed by atoms with Crippen LogP contribution < -0.4 is 10.1 Å². The molecule has 0 saturated heterocycles. The summed E-state index contributed by atoms with van der Waals surface area (Å²) in [6.45, 7) is -0.426. The molecule has 11 heteroatoms. The van der Waals surface area contributed by atoms with E-state index in [1.807, 2.05) is 0 Å². The van der Waals surface area contributed by atoms with Gasteiger partial charge in [-0.05, 0) is 29.8 Å². The minimum atomic E-state index is -4.27. The van der Waals surface area contributed by atoms with Crippen LogP contribution in [0.4, 0.5) is 13.6 Å². The Morgan fingerprint density at radius 1 is 1.14 bits per heavy atom. The molecule has 0 aliphatic heterocycles. The lowest BCUT2D eigenvalue weighted by atomic mass is 10.0. The normalized spacial score (nSPS) is 11.0. The first-order valence-electron chi connectivity index (χ1n) is 7.69. The molecule has 2 N–H and O–H groups in total. The van der Waals surface area contributed by atoms with E-state index in [1.54, 1.807) is 0 Å². The van der Waals surface area contributed by atoms with Gasteiger partial charge in [-0.3, -0.25) is 4.55 Å². The average Bonchev–Trinajstić information content (AvgIpc) is 2.60. The number of benzene rings is 2. The fourth-order valence-electron chi connectivity index (χ4n) is 2.20. The number of amides is 1. The van der Waals surface area contributed by atoms with E-state index < -0.39 is 46.1 Å². The van der Waals surface area contributed by atoms with Gasteiger partial charge in [0, 0.05) is 18.2 Å². The van der Waals surface area contributed by atoms with Crippen molar-refractivity contribution in [3.63, 3.8) is 0 Å². The molecule has 1 amide bonds. The molecule has 0 unspecified atom stereocenters. The highest BCUT2D eigenvalue weighted by Gasteiger charge is 2.19. The molecule has 0 spiro atoms. The molecule has 2 aromatic carbocycles. The zero-order valence-electron chi connectivity index (χ0n) is 14.4. The van der Waals surface area contributed by atoms with E-state index >= 15 is 0 Å². The molecule has 0 aromatic heterocycles. The molecule has 2 rings (SSSR count). The van der Waals surface area contributed by atoms with Gasteiger partial charge in [-0.1, -0.05) is 6.07 Å². The maximum absolute atomic E-state index is 14.0. The van der Waals surface area contributed by atoms with Crippen molar-refractivity contribution in [2.24, 2.45) is 0 Å². The summed E-state index contributed by atoms with van der Waals surface area (Å²) in [7, 11) is -3.18. The van der Waals surface area contributed by atoms with Crippen molar-refractivity contribution in [2.75, 3.05) is 19.4 Å². The molecule has 2 aromatic rings. The highest BCUT2D eigenvalue weighted by molar-refractivity contribution is 7.85. The zero-order chi connectivity index (χ0) is 20.9. The predicted octanol–water partition coefficient (Wildman–Crippen LogP) is 2.39. The molecule has 0 aliphatic carbocycles. The molecule has 0 atom stereocenters. The molecule has 0 radical (unpaired) electrons. The van der Waals surface area contributed by atoms with E-state index in [0.29, 0.717) is 6.07 Å². The number of esters is 1. The smallest absolute Gasteiger partial charge is 0.412 e. The molecule has 0 fully saturated rings. The summed E-state index contributed by atoms with van der Waals surface area (Å²) in [5, 5.41) is 2.08. The monoisotopic (exact) mass is 415 g/mol. The summed E-state index contributed by atoms with van der Waals surface area (Å²) >= 11 is 0. The first-order valence-corrected chi connectivity index (χ1v) is 9.30. The second kappa shape index (κ2) is 8.76. The van der Waals surface area contributed by atoms with Gasteiger partial charge in [-0.2, -0.15) is 8.42 Å². The Labute approximate surface area is 158 Å². The number of rotatable bonds is 6. The van der Waals surface area contributed by atoms with Crippen LogP contribution in [-0.2, 0) is 14.9 Å². The van der Waals surface area contributed by atoms with Crippen LogP contribution in [0.1, 0.15) is 10.4 Å². The van der Waals surface area contributed by atoms with Crippen molar-refractivity contribution in [1.82, 2.24) is 5.32 Å². The van der Waals surface area contributed by atoms with Gasteiger partial charge in [-0.25, -0.2) is 18.4 Å². The molecule has 8 nitrogen and oxygen atoms in total. The Kier molecular flexibility index (Phi) is 6.65. The molecule has 0 bridgehead atoms. The summed E-state index contributed by atoms with van der Waals surface area (Å²) in [6.07, 6.45) is -1.09. The number of methoxy groups -OCH3 is 1. The van der Waals surface area contributed by atoms with E-state index in [2.05, 4.69) is 10.1 Å².